The van der Waals surface area contributed by atoms with Crippen molar-refractivity contribution >= 4 is 0 Å². The molecule has 0 aromatic rings. The summed E-state index contributed by atoms with van der Waals surface area (Å²) < 4.78 is 6.68. The van der Waals surface area contributed by atoms with Crippen LogP contribution >= 0.6 is 0 Å². The van der Waals surface area contributed by atoms with Crippen molar-refractivity contribution in [3.63, 3.8) is 0 Å². The van der Waals surface area contributed by atoms with Crippen LogP contribution in [0.1, 0.15) is 85.5 Å². The van der Waals surface area contributed by atoms with Crippen LogP contribution in [0.25, 0.3) is 0 Å². The summed E-state index contributed by atoms with van der Waals surface area (Å²) in [6.07, 6.45) is 10.5. The Bertz CT molecular complexity index is 803. The number of rotatable bonds is 0. The van der Waals surface area contributed by atoms with Gasteiger partial charge in [0.05, 0.1) is 30.8 Å². The summed E-state index contributed by atoms with van der Waals surface area (Å²) in [5.41, 5.74) is 0.554. The average Bonchev–Trinajstić information content (AvgIpc) is 3.22. The van der Waals surface area contributed by atoms with Gasteiger partial charge in [0.15, 0.2) is 0 Å². The lowest BCUT2D eigenvalue weighted by molar-refractivity contribution is -0.926. The zero-order valence-electron chi connectivity index (χ0n) is 20.1. The number of aliphatic hydroxyl groups excluding tert-OH is 1. The minimum atomic E-state index is -0.169. The van der Waals surface area contributed by atoms with Gasteiger partial charge in [-0.25, -0.2) is 0 Å². The Labute approximate surface area is 188 Å². The Morgan fingerprint density at radius 2 is 1.77 bits per heavy atom. The van der Waals surface area contributed by atoms with Gasteiger partial charge in [-0.3, -0.25) is 0 Å². The molecule has 0 aromatic heterocycles. The Hall–Kier alpha value is -0.160. The number of ether oxygens (including phenoxy) is 1. The number of epoxide rings is 1. The highest BCUT2D eigenvalue weighted by molar-refractivity contribution is 5.25. The Morgan fingerprint density at radius 3 is 2.58 bits per heavy atom. The zero-order valence-corrected chi connectivity index (χ0v) is 20.1. The normalized spacial score (nSPS) is 68.7. The summed E-state index contributed by atoms with van der Waals surface area (Å²) in [5, 5.41) is 24.9. The van der Waals surface area contributed by atoms with Crippen LogP contribution < -0.4 is 0 Å². The second kappa shape index (κ2) is 5.90. The van der Waals surface area contributed by atoms with E-state index in [1.165, 1.54) is 32.1 Å². The van der Waals surface area contributed by atoms with Crippen molar-refractivity contribution in [3.05, 3.63) is 5.21 Å². The molecule has 7 fully saturated rings. The molecule has 0 bridgehead atoms. The lowest BCUT2D eigenvalue weighted by Crippen LogP contribution is -2.59. The number of aliphatic hydroxyl groups is 1. The quantitative estimate of drug-likeness (QED) is 0.339. The molecule has 4 aliphatic carbocycles. The molecular weight excluding hydrogens is 386 g/mol. The predicted molar refractivity (Wildman–Crippen MR) is 120 cm³/mol. The molecule has 1 N–H and O–H groups in total. The van der Waals surface area contributed by atoms with E-state index in [0.29, 0.717) is 47.3 Å². The number of fused-ring (bicyclic) bond motifs is 8. The second-order valence-corrected chi connectivity index (χ2v) is 13.9. The molecule has 4 saturated carbocycles. The monoisotopic (exact) mass is 429 g/mol. The molecule has 7 aliphatic rings. The fraction of sp³-hybridized carbons (Fsp3) is 1.00. The summed E-state index contributed by atoms with van der Waals surface area (Å²) in [6, 6.07) is 0.717. The van der Waals surface area contributed by atoms with Crippen LogP contribution in [0.3, 0.4) is 0 Å². The van der Waals surface area contributed by atoms with Crippen LogP contribution in [-0.2, 0) is 4.74 Å². The molecule has 174 valence electrons. The van der Waals surface area contributed by atoms with Crippen molar-refractivity contribution in [3.8, 4) is 0 Å². The summed E-state index contributed by atoms with van der Waals surface area (Å²) in [4.78, 5) is 0. The molecule has 3 heterocycles. The van der Waals surface area contributed by atoms with Gasteiger partial charge < -0.3 is 19.7 Å². The van der Waals surface area contributed by atoms with Crippen molar-refractivity contribution in [1.29, 1.82) is 0 Å². The Balaban J connectivity index is 1.24. The average molecular weight is 430 g/mol. The van der Waals surface area contributed by atoms with Crippen LogP contribution in [0.2, 0.25) is 0 Å². The topological polar surface area (TPSA) is 55.8 Å². The third kappa shape index (κ3) is 2.19. The summed E-state index contributed by atoms with van der Waals surface area (Å²) in [6.45, 7) is 10.8. The third-order valence-electron chi connectivity index (χ3n) is 13.0. The highest BCUT2D eigenvalue weighted by Crippen LogP contribution is 2.75. The maximum atomic E-state index is 14.4. The first kappa shape index (κ1) is 20.2. The molecule has 0 unspecified atom stereocenters. The molecule has 31 heavy (non-hydrogen) atoms. The molecule has 3 aliphatic heterocycles. The van der Waals surface area contributed by atoms with Crippen molar-refractivity contribution in [2.75, 3.05) is 6.54 Å². The number of hydrogen-bond donors (Lipinski definition) is 1. The van der Waals surface area contributed by atoms with Crippen molar-refractivity contribution < 1.29 is 14.5 Å². The van der Waals surface area contributed by atoms with Crippen LogP contribution in [0, 0.1) is 51.5 Å². The van der Waals surface area contributed by atoms with Gasteiger partial charge in [0.2, 0.25) is 0 Å². The van der Waals surface area contributed by atoms with Gasteiger partial charge in [0, 0.05) is 42.4 Å². The van der Waals surface area contributed by atoms with E-state index in [-0.39, 0.29) is 21.8 Å². The highest BCUT2D eigenvalue weighted by atomic mass is 16.6. The van der Waals surface area contributed by atoms with E-state index in [1.54, 1.807) is 0 Å². The van der Waals surface area contributed by atoms with Gasteiger partial charge in [0.25, 0.3) is 0 Å². The van der Waals surface area contributed by atoms with E-state index < -0.39 is 0 Å². The van der Waals surface area contributed by atoms with Crippen molar-refractivity contribution in [1.82, 2.24) is 0 Å². The Morgan fingerprint density at radius 1 is 0.968 bits per heavy atom. The fourth-order valence-electron chi connectivity index (χ4n) is 11.8. The van der Waals surface area contributed by atoms with Gasteiger partial charge in [-0.15, -0.1) is 0 Å². The largest absolute Gasteiger partial charge is 0.632 e. The molecule has 7 rings (SSSR count). The van der Waals surface area contributed by atoms with Crippen LogP contribution in [0.5, 0.6) is 0 Å². The lowest BCUT2D eigenvalue weighted by atomic mass is 9.44. The van der Waals surface area contributed by atoms with Gasteiger partial charge in [-0.05, 0) is 61.7 Å². The standard InChI is InChI=1S/C27H43NO3/c1-15-5-6-21-16(2)24-22(28(21,30)14-15)12-20-18-11-23-27(31-23)13-17(29)7-10-26(27,4)19(18)8-9-25(20,24)3/h15-24,29H,5-14H2,1-4H3/t15-,16+,17-,18-,19+,20-,21-,22+,23+,24-,25+,26-,27-,28-/m1/s1. The second-order valence-electron chi connectivity index (χ2n) is 13.9. The van der Waals surface area contributed by atoms with E-state index in [2.05, 4.69) is 27.7 Å². The SMILES string of the molecule is C[C@@H]1CC[C@@H]2[C@H](C)[C@@H]3[C@H](C[C@@H]4[C@@H]5C[C@@H]6O[C@]67C[C@H](O)CC[C@]7(C)[C@H]5CC[C@]34C)[N@@+]2([O-])C1. The van der Waals surface area contributed by atoms with E-state index in [4.69, 9.17) is 4.74 Å². The van der Waals surface area contributed by atoms with Crippen LogP contribution in [0.15, 0.2) is 0 Å². The van der Waals surface area contributed by atoms with E-state index in [9.17, 15) is 10.3 Å². The van der Waals surface area contributed by atoms with E-state index >= 15 is 0 Å². The maximum Gasteiger partial charge on any atom is 0.103 e. The molecule has 0 radical (unpaired) electrons. The smallest absolute Gasteiger partial charge is 0.103 e. The fourth-order valence-corrected chi connectivity index (χ4v) is 11.8. The van der Waals surface area contributed by atoms with Gasteiger partial charge >= 0.3 is 0 Å². The molecule has 0 aromatic carbocycles. The predicted octanol–water partition coefficient (Wildman–Crippen LogP) is 4.88. The first-order valence-corrected chi connectivity index (χ1v) is 13.6. The van der Waals surface area contributed by atoms with Gasteiger partial charge in [0.1, 0.15) is 5.60 Å². The maximum absolute atomic E-state index is 14.4. The third-order valence-corrected chi connectivity index (χ3v) is 13.0. The number of piperidine rings is 1. The molecule has 4 heteroatoms. The molecule has 0 amide bonds. The number of quaternary nitrogens is 1. The first-order chi connectivity index (χ1) is 14.6. The van der Waals surface area contributed by atoms with Gasteiger partial charge in [-0.1, -0.05) is 27.7 Å². The molecule has 3 saturated heterocycles. The first-order valence-electron chi connectivity index (χ1n) is 13.6. The minimum Gasteiger partial charge on any atom is -0.632 e. The molecular formula is C27H43NO3. The molecule has 4 nitrogen and oxygen atoms in total. The summed E-state index contributed by atoms with van der Waals surface area (Å²) in [7, 11) is 0. The van der Waals surface area contributed by atoms with E-state index in [1.807, 2.05) is 0 Å². The van der Waals surface area contributed by atoms with Crippen LogP contribution in [-0.4, -0.2) is 46.2 Å². The van der Waals surface area contributed by atoms with Gasteiger partial charge in [-0.2, -0.15) is 0 Å². The number of nitrogens with zero attached hydrogens (tertiary/aromatic N) is 1. The van der Waals surface area contributed by atoms with Crippen LogP contribution in [0.4, 0.5) is 0 Å². The molecule has 1 spiro atoms. The van der Waals surface area contributed by atoms with Crippen molar-refractivity contribution in [2.24, 2.45) is 46.3 Å². The lowest BCUT2D eigenvalue weighted by Gasteiger charge is -2.59. The zero-order chi connectivity index (χ0) is 21.6. The van der Waals surface area contributed by atoms with Crippen molar-refractivity contribution in [2.45, 2.75) is 115 Å². The highest BCUT2D eigenvalue weighted by Gasteiger charge is 2.78. The number of hydroxylamine groups is 3. The molecule has 14 atom stereocenters. The summed E-state index contributed by atoms with van der Waals surface area (Å²) >= 11 is 0. The van der Waals surface area contributed by atoms with E-state index in [0.717, 1.165) is 44.1 Å². The summed E-state index contributed by atoms with van der Waals surface area (Å²) in [5.74, 6) is 3.95. The minimum absolute atomic E-state index is 0.0267. The Kier molecular flexibility index (Phi) is 3.85. The number of hydrogen-bond acceptors (Lipinski definition) is 3.